The van der Waals surface area contributed by atoms with Gasteiger partial charge in [0.1, 0.15) is 4.60 Å². The number of nitrogens with one attached hydrogen (secondary N) is 1. The zero-order chi connectivity index (χ0) is 10.4. The summed E-state index contributed by atoms with van der Waals surface area (Å²) in [5.74, 6) is 0. The molecule has 0 radical (unpaired) electrons. The quantitative estimate of drug-likeness (QED) is 0.666. The third-order valence-electron chi connectivity index (χ3n) is 1.71. The van der Waals surface area contributed by atoms with Crippen molar-refractivity contribution in [2.45, 2.75) is 12.6 Å². The molecule has 14 heavy (non-hydrogen) atoms. The van der Waals surface area contributed by atoms with Crippen LogP contribution in [0.25, 0.3) is 0 Å². The molecule has 0 fully saturated rings. The number of aliphatic hydroxyl groups is 2. The van der Waals surface area contributed by atoms with Crippen molar-refractivity contribution in [3.63, 3.8) is 0 Å². The van der Waals surface area contributed by atoms with Crippen molar-refractivity contribution >= 4 is 15.9 Å². The molecule has 0 aliphatic rings. The molecule has 78 valence electrons. The lowest BCUT2D eigenvalue weighted by molar-refractivity contribution is 0.0942. The Morgan fingerprint density at radius 2 is 2.29 bits per heavy atom. The third kappa shape index (κ3) is 4.15. The fraction of sp³-hybridized carbons (Fsp3) is 0.444. The molecule has 1 aromatic rings. The van der Waals surface area contributed by atoms with Gasteiger partial charge in [0.25, 0.3) is 0 Å². The lowest BCUT2D eigenvalue weighted by Gasteiger charge is -2.08. The smallest absolute Gasteiger partial charge is 0.106 e. The number of hydrogen-bond acceptors (Lipinski definition) is 4. The highest BCUT2D eigenvalue weighted by Crippen LogP contribution is 2.05. The van der Waals surface area contributed by atoms with Crippen molar-refractivity contribution in [3.05, 3.63) is 28.5 Å². The Morgan fingerprint density at radius 1 is 1.50 bits per heavy atom. The van der Waals surface area contributed by atoms with Crippen LogP contribution < -0.4 is 5.32 Å². The average molecular weight is 261 g/mol. The van der Waals surface area contributed by atoms with E-state index in [1.165, 1.54) is 0 Å². The van der Waals surface area contributed by atoms with Gasteiger partial charge in [-0.25, -0.2) is 4.98 Å². The zero-order valence-electron chi connectivity index (χ0n) is 7.65. The summed E-state index contributed by atoms with van der Waals surface area (Å²) in [6, 6.07) is 3.80. The topological polar surface area (TPSA) is 65.4 Å². The molecule has 0 aliphatic carbocycles. The first-order valence-corrected chi connectivity index (χ1v) is 5.11. The van der Waals surface area contributed by atoms with Gasteiger partial charge in [-0.2, -0.15) is 0 Å². The molecule has 0 unspecified atom stereocenters. The van der Waals surface area contributed by atoms with Gasteiger partial charge in [0.15, 0.2) is 0 Å². The lowest BCUT2D eigenvalue weighted by atomic mass is 10.3. The summed E-state index contributed by atoms with van der Waals surface area (Å²) in [4.78, 5) is 4.06. The molecule has 0 amide bonds. The van der Waals surface area contributed by atoms with Gasteiger partial charge in [0, 0.05) is 19.3 Å². The minimum Gasteiger partial charge on any atom is -0.394 e. The van der Waals surface area contributed by atoms with Crippen LogP contribution in [0, 0.1) is 0 Å². The van der Waals surface area contributed by atoms with E-state index in [2.05, 4.69) is 26.2 Å². The second-order valence-electron chi connectivity index (χ2n) is 2.96. The highest BCUT2D eigenvalue weighted by molar-refractivity contribution is 9.10. The van der Waals surface area contributed by atoms with Gasteiger partial charge in [-0.1, -0.05) is 6.07 Å². The van der Waals surface area contributed by atoms with Crippen LogP contribution in [0.15, 0.2) is 22.9 Å². The molecule has 1 heterocycles. The van der Waals surface area contributed by atoms with E-state index >= 15 is 0 Å². The Morgan fingerprint density at radius 3 is 2.86 bits per heavy atom. The van der Waals surface area contributed by atoms with E-state index in [0.29, 0.717) is 13.1 Å². The Labute approximate surface area is 91.1 Å². The van der Waals surface area contributed by atoms with Gasteiger partial charge in [-0.3, -0.25) is 0 Å². The maximum atomic E-state index is 9.04. The fourth-order valence-corrected chi connectivity index (χ4v) is 1.19. The predicted octanol–water partition coefficient (Wildman–Crippen LogP) is 0.287. The monoisotopic (exact) mass is 260 g/mol. The van der Waals surface area contributed by atoms with Crippen LogP contribution >= 0.6 is 15.9 Å². The van der Waals surface area contributed by atoms with Gasteiger partial charge < -0.3 is 15.5 Å². The van der Waals surface area contributed by atoms with E-state index in [9.17, 15) is 0 Å². The zero-order valence-corrected chi connectivity index (χ0v) is 9.24. The van der Waals surface area contributed by atoms with Crippen LogP contribution in [0.3, 0.4) is 0 Å². The minimum absolute atomic E-state index is 0.217. The molecule has 0 saturated heterocycles. The van der Waals surface area contributed by atoms with E-state index in [1.54, 1.807) is 6.20 Å². The second-order valence-corrected chi connectivity index (χ2v) is 3.77. The van der Waals surface area contributed by atoms with E-state index in [1.807, 2.05) is 12.1 Å². The van der Waals surface area contributed by atoms with Gasteiger partial charge in [0.2, 0.25) is 0 Å². The Balaban J connectivity index is 2.28. The molecule has 3 N–H and O–H groups in total. The first-order chi connectivity index (χ1) is 6.72. The molecule has 5 heteroatoms. The molecule has 0 saturated carbocycles. The molecule has 0 aromatic carbocycles. The lowest BCUT2D eigenvalue weighted by Crippen LogP contribution is -2.28. The van der Waals surface area contributed by atoms with E-state index < -0.39 is 6.10 Å². The molecular formula is C9H13BrN2O2. The second kappa shape index (κ2) is 6.08. The predicted molar refractivity (Wildman–Crippen MR) is 56.7 cm³/mol. The van der Waals surface area contributed by atoms with Gasteiger partial charge in [-0.05, 0) is 27.6 Å². The van der Waals surface area contributed by atoms with Crippen molar-refractivity contribution in [2.24, 2.45) is 0 Å². The highest BCUT2D eigenvalue weighted by atomic mass is 79.9. The summed E-state index contributed by atoms with van der Waals surface area (Å²) in [5, 5.41) is 20.6. The Bertz CT molecular complexity index is 266. The molecule has 1 rings (SSSR count). The number of aromatic nitrogens is 1. The number of halogens is 1. The number of pyridine rings is 1. The van der Waals surface area contributed by atoms with Crippen LogP contribution in [0.4, 0.5) is 0 Å². The van der Waals surface area contributed by atoms with Crippen LogP contribution in [0.2, 0.25) is 0 Å². The van der Waals surface area contributed by atoms with Gasteiger partial charge in [-0.15, -0.1) is 0 Å². The largest absolute Gasteiger partial charge is 0.394 e. The normalized spacial score (nSPS) is 12.8. The van der Waals surface area contributed by atoms with Crippen molar-refractivity contribution in [1.29, 1.82) is 0 Å². The number of aliphatic hydroxyl groups excluding tert-OH is 2. The number of rotatable bonds is 5. The van der Waals surface area contributed by atoms with E-state index in [4.69, 9.17) is 10.2 Å². The number of nitrogens with zero attached hydrogens (tertiary/aromatic N) is 1. The standard InChI is InChI=1S/C9H13BrN2O2/c10-9-2-1-7(4-12-9)3-11-5-8(14)6-13/h1-2,4,8,11,13-14H,3,5-6H2/t8-/m1/s1. The van der Waals surface area contributed by atoms with Crippen LogP contribution in [0.5, 0.6) is 0 Å². The molecule has 0 bridgehead atoms. The summed E-state index contributed by atoms with van der Waals surface area (Å²) in [6.45, 7) is 0.801. The van der Waals surface area contributed by atoms with Gasteiger partial charge >= 0.3 is 0 Å². The minimum atomic E-state index is -0.696. The van der Waals surface area contributed by atoms with Crippen LogP contribution in [-0.2, 0) is 6.54 Å². The summed E-state index contributed by atoms with van der Waals surface area (Å²) < 4.78 is 0.802. The van der Waals surface area contributed by atoms with Crippen molar-refractivity contribution in [2.75, 3.05) is 13.2 Å². The van der Waals surface area contributed by atoms with E-state index in [0.717, 1.165) is 10.2 Å². The molecule has 1 aromatic heterocycles. The van der Waals surface area contributed by atoms with Crippen molar-refractivity contribution < 1.29 is 10.2 Å². The van der Waals surface area contributed by atoms with Crippen LogP contribution in [0.1, 0.15) is 5.56 Å². The maximum absolute atomic E-state index is 9.04. The van der Waals surface area contributed by atoms with Crippen molar-refractivity contribution in [3.8, 4) is 0 Å². The maximum Gasteiger partial charge on any atom is 0.106 e. The molecular weight excluding hydrogens is 248 g/mol. The van der Waals surface area contributed by atoms with Crippen molar-refractivity contribution in [1.82, 2.24) is 10.3 Å². The Hall–Kier alpha value is -0.490. The number of hydrogen-bond donors (Lipinski definition) is 3. The fourth-order valence-electron chi connectivity index (χ4n) is 0.959. The summed E-state index contributed by atoms with van der Waals surface area (Å²) >= 11 is 3.24. The highest BCUT2D eigenvalue weighted by Gasteiger charge is 2.00. The third-order valence-corrected chi connectivity index (χ3v) is 2.18. The summed E-state index contributed by atoms with van der Waals surface area (Å²) in [7, 11) is 0. The Kier molecular flexibility index (Phi) is 5.03. The first kappa shape index (κ1) is 11.6. The molecule has 1 atom stereocenters. The van der Waals surface area contributed by atoms with Gasteiger partial charge in [0.05, 0.1) is 12.7 Å². The molecule has 4 nitrogen and oxygen atoms in total. The van der Waals surface area contributed by atoms with Crippen LogP contribution in [-0.4, -0.2) is 34.5 Å². The molecule has 0 aliphatic heterocycles. The van der Waals surface area contributed by atoms with E-state index in [-0.39, 0.29) is 6.61 Å². The molecule has 0 spiro atoms. The first-order valence-electron chi connectivity index (χ1n) is 4.32. The summed E-state index contributed by atoms with van der Waals surface area (Å²) in [6.07, 6.45) is 1.06. The SMILES string of the molecule is OC[C@H](O)CNCc1ccc(Br)nc1. The summed E-state index contributed by atoms with van der Waals surface area (Å²) in [5.41, 5.74) is 1.04. The average Bonchev–Trinajstić information content (AvgIpc) is 2.21.